The molecule has 0 bridgehead atoms. The molecule has 1 aliphatic rings. The van der Waals surface area contributed by atoms with Crippen LogP contribution in [0.4, 0.5) is 5.82 Å². The number of nitrogens with one attached hydrogen (secondary N) is 3. The summed E-state index contributed by atoms with van der Waals surface area (Å²) < 4.78 is 0. The smallest absolute Gasteiger partial charge is 0.325 e. The molecule has 0 aliphatic carbocycles. The van der Waals surface area contributed by atoms with Crippen LogP contribution >= 0.6 is 0 Å². The quantitative estimate of drug-likeness (QED) is 0.393. The third-order valence-electron chi connectivity index (χ3n) is 1.90. The van der Waals surface area contributed by atoms with Gasteiger partial charge in [-0.2, -0.15) is 0 Å². The summed E-state index contributed by atoms with van der Waals surface area (Å²) in [4.78, 5) is 27.9. The van der Waals surface area contributed by atoms with Crippen molar-refractivity contribution in [3.63, 3.8) is 0 Å². The second-order valence-corrected chi connectivity index (χ2v) is 2.76. The van der Waals surface area contributed by atoms with E-state index in [-0.39, 0.29) is 11.5 Å². The number of aliphatic hydroxyl groups is 1. The van der Waals surface area contributed by atoms with Crippen molar-refractivity contribution >= 4 is 11.7 Å². The molecule has 2 heterocycles. The van der Waals surface area contributed by atoms with E-state index >= 15 is 0 Å². The monoisotopic (exact) mass is 184 g/mol. The molecule has 7 nitrogen and oxygen atoms in total. The number of aromatic amines is 2. The molecule has 1 aromatic rings. The molecule has 2 rings (SSSR count). The van der Waals surface area contributed by atoms with Gasteiger partial charge in [-0.05, 0) is 0 Å². The second kappa shape index (κ2) is 2.36. The molecule has 0 spiro atoms. The number of imidazole rings is 1. The number of carbonyl (C=O) groups is 1. The molecule has 70 valence electrons. The van der Waals surface area contributed by atoms with E-state index in [0.29, 0.717) is 0 Å². The maximum Gasteiger partial charge on any atom is 0.325 e. The van der Waals surface area contributed by atoms with Crippen LogP contribution in [0.25, 0.3) is 0 Å². The number of nitrogens with zero attached hydrogens (tertiary/aromatic N) is 1. The highest BCUT2D eigenvalue weighted by Crippen LogP contribution is 2.17. The van der Waals surface area contributed by atoms with Crippen molar-refractivity contribution in [2.75, 3.05) is 12.4 Å². The van der Waals surface area contributed by atoms with Gasteiger partial charge in [-0.25, -0.2) is 4.79 Å². The SMILES string of the molecule is CN1C(=O)c2[nH]c(=O)[nH]c2NC1O. The number of aromatic nitrogens is 2. The van der Waals surface area contributed by atoms with Gasteiger partial charge in [-0.1, -0.05) is 0 Å². The van der Waals surface area contributed by atoms with Gasteiger partial charge in [-0.15, -0.1) is 0 Å². The fourth-order valence-corrected chi connectivity index (χ4v) is 1.17. The van der Waals surface area contributed by atoms with Gasteiger partial charge < -0.3 is 10.4 Å². The molecule has 4 N–H and O–H groups in total. The van der Waals surface area contributed by atoms with Crippen molar-refractivity contribution in [2.24, 2.45) is 0 Å². The Balaban J connectivity index is 2.54. The Morgan fingerprint density at radius 3 is 2.77 bits per heavy atom. The van der Waals surface area contributed by atoms with Gasteiger partial charge in [0.2, 0.25) is 6.35 Å². The number of amides is 1. The molecule has 0 saturated heterocycles. The van der Waals surface area contributed by atoms with Gasteiger partial charge in [0.05, 0.1) is 0 Å². The fraction of sp³-hybridized carbons (Fsp3) is 0.333. The number of H-pyrrole nitrogens is 2. The number of anilines is 1. The van der Waals surface area contributed by atoms with Crippen LogP contribution in [0.5, 0.6) is 0 Å². The minimum Gasteiger partial charge on any atom is -0.356 e. The van der Waals surface area contributed by atoms with E-state index in [0.717, 1.165) is 4.90 Å². The van der Waals surface area contributed by atoms with E-state index in [4.69, 9.17) is 0 Å². The van der Waals surface area contributed by atoms with Gasteiger partial charge >= 0.3 is 5.69 Å². The molecule has 0 radical (unpaired) electrons. The molecule has 0 aromatic carbocycles. The van der Waals surface area contributed by atoms with Gasteiger partial charge in [0.15, 0.2) is 0 Å². The topological polar surface area (TPSA) is 101 Å². The predicted molar refractivity (Wildman–Crippen MR) is 43.1 cm³/mol. The third kappa shape index (κ3) is 1.01. The van der Waals surface area contributed by atoms with Crippen molar-refractivity contribution in [2.45, 2.75) is 6.35 Å². The summed E-state index contributed by atoms with van der Waals surface area (Å²) in [5.74, 6) is -0.208. The first kappa shape index (κ1) is 7.87. The summed E-state index contributed by atoms with van der Waals surface area (Å²) in [7, 11) is 1.42. The highest BCUT2D eigenvalue weighted by Gasteiger charge is 2.29. The highest BCUT2D eigenvalue weighted by molar-refractivity contribution is 5.98. The van der Waals surface area contributed by atoms with E-state index in [1.54, 1.807) is 0 Å². The van der Waals surface area contributed by atoms with Crippen molar-refractivity contribution in [3.8, 4) is 0 Å². The van der Waals surface area contributed by atoms with Crippen LogP contribution in [-0.4, -0.2) is 39.3 Å². The van der Waals surface area contributed by atoms with Gasteiger partial charge in [-0.3, -0.25) is 19.7 Å². The molecule has 1 aromatic heterocycles. The molecule has 1 unspecified atom stereocenters. The molecule has 7 heteroatoms. The standard InChI is InChI=1S/C6H8N4O3/c1-10-4(11)2-3(9-6(10)13)8-5(12)7-2/h6,9,13H,1H3,(H2,7,8,12). The molecular formula is C6H8N4O3. The Labute approximate surface area is 72.4 Å². The van der Waals surface area contributed by atoms with Crippen LogP contribution in [0.2, 0.25) is 0 Å². The van der Waals surface area contributed by atoms with Gasteiger partial charge in [0.1, 0.15) is 11.5 Å². The number of hydrogen-bond donors (Lipinski definition) is 4. The number of hydrogen-bond acceptors (Lipinski definition) is 4. The summed E-state index contributed by atoms with van der Waals surface area (Å²) in [6.45, 7) is 0. The predicted octanol–water partition coefficient (Wildman–Crippen LogP) is -1.52. The van der Waals surface area contributed by atoms with Crippen molar-refractivity contribution in [1.29, 1.82) is 0 Å². The van der Waals surface area contributed by atoms with Crippen LogP contribution in [0, 0.1) is 0 Å². The maximum atomic E-state index is 11.4. The summed E-state index contributed by atoms with van der Waals surface area (Å²) in [6, 6.07) is 0. The first-order chi connectivity index (χ1) is 6.09. The highest BCUT2D eigenvalue weighted by atomic mass is 16.3. The van der Waals surface area contributed by atoms with Crippen molar-refractivity contribution in [3.05, 3.63) is 16.2 Å². The van der Waals surface area contributed by atoms with Crippen LogP contribution < -0.4 is 11.0 Å². The number of fused-ring (bicyclic) bond motifs is 1. The van der Waals surface area contributed by atoms with Crippen LogP contribution in [0.3, 0.4) is 0 Å². The average Bonchev–Trinajstić information content (AvgIpc) is 2.42. The summed E-state index contributed by atoms with van der Waals surface area (Å²) in [6.07, 6.45) is -1.11. The molecule has 1 amide bonds. The number of rotatable bonds is 0. The fourth-order valence-electron chi connectivity index (χ4n) is 1.17. The Morgan fingerprint density at radius 2 is 2.08 bits per heavy atom. The zero-order chi connectivity index (χ0) is 9.59. The lowest BCUT2D eigenvalue weighted by atomic mass is 10.3. The lowest BCUT2D eigenvalue weighted by Gasteiger charge is -2.28. The Morgan fingerprint density at radius 1 is 1.38 bits per heavy atom. The van der Waals surface area contributed by atoms with Crippen LogP contribution in [0.1, 0.15) is 10.5 Å². The van der Waals surface area contributed by atoms with E-state index in [9.17, 15) is 14.7 Å². The molecule has 0 saturated carbocycles. The Hall–Kier alpha value is -1.76. The maximum absolute atomic E-state index is 11.4. The van der Waals surface area contributed by atoms with E-state index in [2.05, 4.69) is 15.3 Å². The summed E-state index contributed by atoms with van der Waals surface area (Å²) >= 11 is 0. The number of aliphatic hydroxyl groups excluding tert-OH is 1. The second-order valence-electron chi connectivity index (χ2n) is 2.76. The largest absolute Gasteiger partial charge is 0.356 e. The normalized spacial score (nSPS) is 21.2. The van der Waals surface area contributed by atoms with E-state index in [1.807, 2.05) is 0 Å². The minimum atomic E-state index is -1.11. The molecule has 1 atom stereocenters. The lowest BCUT2D eigenvalue weighted by Crippen LogP contribution is -2.46. The minimum absolute atomic E-state index is 0.137. The van der Waals surface area contributed by atoms with E-state index < -0.39 is 17.9 Å². The Bertz CT molecular complexity index is 406. The first-order valence-electron chi connectivity index (χ1n) is 3.63. The Kier molecular flexibility index (Phi) is 1.43. The van der Waals surface area contributed by atoms with Gasteiger partial charge in [0.25, 0.3) is 5.91 Å². The summed E-state index contributed by atoms with van der Waals surface area (Å²) in [5, 5.41) is 11.8. The van der Waals surface area contributed by atoms with Gasteiger partial charge in [0, 0.05) is 7.05 Å². The van der Waals surface area contributed by atoms with Crippen molar-refractivity contribution in [1.82, 2.24) is 14.9 Å². The zero-order valence-corrected chi connectivity index (χ0v) is 6.79. The molecule has 0 fully saturated rings. The van der Waals surface area contributed by atoms with Crippen LogP contribution in [-0.2, 0) is 0 Å². The summed E-state index contributed by atoms with van der Waals surface area (Å²) in [5.41, 5.74) is -0.342. The van der Waals surface area contributed by atoms with E-state index in [1.165, 1.54) is 7.05 Å². The first-order valence-corrected chi connectivity index (χ1v) is 3.63. The van der Waals surface area contributed by atoms with Crippen LogP contribution in [0.15, 0.2) is 4.79 Å². The third-order valence-corrected chi connectivity index (χ3v) is 1.90. The van der Waals surface area contributed by atoms with Crippen molar-refractivity contribution < 1.29 is 9.90 Å². The number of carbonyl (C=O) groups excluding carboxylic acids is 1. The molecular weight excluding hydrogens is 176 g/mol. The zero-order valence-electron chi connectivity index (χ0n) is 6.79. The molecule has 13 heavy (non-hydrogen) atoms. The average molecular weight is 184 g/mol. The lowest BCUT2D eigenvalue weighted by molar-refractivity contribution is 0.0295. The molecule has 1 aliphatic heterocycles.